The molecule has 2 saturated heterocycles. The van der Waals surface area contributed by atoms with E-state index in [1.54, 1.807) is 40.6 Å². The van der Waals surface area contributed by atoms with Crippen LogP contribution < -0.4 is 9.47 Å². The van der Waals surface area contributed by atoms with Crippen molar-refractivity contribution in [2.45, 2.75) is 43.1 Å². The van der Waals surface area contributed by atoms with Crippen LogP contribution in [0, 0.1) is 0 Å². The van der Waals surface area contributed by atoms with Crippen LogP contribution in [0.25, 0.3) is 10.2 Å². The minimum absolute atomic E-state index is 0.00132. The molecule has 0 aliphatic carbocycles. The molecule has 1 amide bonds. The number of fused-ring (bicyclic) bond motifs is 1. The van der Waals surface area contributed by atoms with Crippen molar-refractivity contribution >= 4 is 37.5 Å². The summed E-state index contributed by atoms with van der Waals surface area (Å²) in [4.78, 5) is 19.6. The highest BCUT2D eigenvalue weighted by Crippen LogP contribution is 2.32. The molecule has 0 bridgehead atoms. The van der Waals surface area contributed by atoms with E-state index in [9.17, 15) is 13.2 Å². The van der Waals surface area contributed by atoms with Gasteiger partial charge in [0, 0.05) is 44.6 Å². The first-order chi connectivity index (χ1) is 16.9. The number of rotatable bonds is 6. The van der Waals surface area contributed by atoms with Gasteiger partial charge in [0.05, 0.1) is 22.2 Å². The fourth-order valence-corrected chi connectivity index (χ4v) is 7.01. The van der Waals surface area contributed by atoms with Crippen molar-refractivity contribution in [1.82, 2.24) is 14.2 Å². The fourth-order valence-electron chi connectivity index (χ4n) is 4.59. The highest BCUT2D eigenvalue weighted by molar-refractivity contribution is 7.89. The zero-order valence-corrected chi connectivity index (χ0v) is 21.3. The second kappa shape index (κ2) is 10.1. The minimum atomic E-state index is -3.50. The monoisotopic (exact) mass is 515 g/mol. The Kier molecular flexibility index (Phi) is 6.95. The van der Waals surface area contributed by atoms with Gasteiger partial charge in [-0.05, 0) is 55.3 Å². The van der Waals surface area contributed by atoms with Crippen LogP contribution in [0.4, 0.5) is 0 Å². The number of hydrogen-bond acceptors (Lipinski definition) is 7. The van der Waals surface area contributed by atoms with Gasteiger partial charge in [-0.15, -0.1) is 0 Å². The molecular formula is C25H29N3O5S2. The van der Waals surface area contributed by atoms with E-state index < -0.39 is 10.0 Å². The van der Waals surface area contributed by atoms with E-state index in [1.165, 1.54) is 11.3 Å². The number of piperidine rings is 2. The summed E-state index contributed by atoms with van der Waals surface area (Å²) in [7, 11) is -1.86. The van der Waals surface area contributed by atoms with E-state index in [0.29, 0.717) is 49.8 Å². The van der Waals surface area contributed by atoms with Crippen LogP contribution in [0.3, 0.4) is 0 Å². The van der Waals surface area contributed by atoms with Crippen LogP contribution in [0.5, 0.6) is 10.9 Å². The van der Waals surface area contributed by atoms with E-state index in [0.717, 1.165) is 35.2 Å². The molecule has 0 spiro atoms. The molecule has 8 nitrogen and oxygen atoms in total. The Hall–Kier alpha value is -2.69. The van der Waals surface area contributed by atoms with Gasteiger partial charge >= 0.3 is 0 Å². The third-order valence-corrected chi connectivity index (χ3v) is 9.45. The molecule has 5 rings (SSSR count). The molecule has 10 heteroatoms. The normalized spacial score (nSPS) is 18.0. The van der Waals surface area contributed by atoms with Crippen molar-refractivity contribution in [1.29, 1.82) is 0 Å². The van der Waals surface area contributed by atoms with Crippen LogP contribution in [0.2, 0.25) is 0 Å². The Morgan fingerprint density at radius 3 is 2.40 bits per heavy atom. The predicted octanol–water partition coefficient (Wildman–Crippen LogP) is 4.16. The quantitative estimate of drug-likeness (QED) is 0.490. The summed E-state index contributed by atoms with van der Waals surface area (Å²) >= 11 is 1.49. The molecule has 0 N–H and O–H groups in total. The predicted molar refractivity (Wildman–Crippen MR) is 135 cm³/mol. The lowest BCUT2D eigenvalue weighted by Crippen LogP contribution is -2.41. The van der Waals surface area contributed by atoms with E-state index in [-0.39, 0.29) is 16.9 Å². The lowest BCUT2D eigenvalue weighted by atomic mass is 10.1. The van der Waals surface area contributed by atoms with Gasteiger partial charge in [0.15, 0.2) is 0 Å². The van der Waals surface area contributed by atoms with Crippen LogP contribution in [-0.4, -0.2) is 67.9 Å². The second-order valence-corrected chi connectivity index (χ2v) is 11.8. The Morgan fingerprint density at radius 2 is 1.71 bits per heavy atom. The first kappa shape index (κ1) is 24.0. The Labute approximate surface area is 209 Å². The van der Waals surface area contributed by atoms with Gasteiger partial charge in [-0.1, -0.05) is 17.8 Å². The number of sulfonamides is 1. The first-order valence-corrected chi connectivity index (χ1v) is 14.2. The highest BCUT2D eigenvalue weighted by Gasteiger charge is 2.28. The number of ether oxygens (including phenoxy) is 2. The van der Waals surface area contributed by atoms with Gasteiger partial charge in [0.2, 0.25) is 10.0 Å². The van der Waals surface area contributed by atoms with Gasteiger partial charge in [0.25, 0.3) is 11.1 Å². The number of nitrogens with zero attached hydrogens (tertiary/aromatic N) is 3. The molecular weight excluding hydrogens is 486 g/mol. The van der Waals surface area contributed by atoms with Crippen LogP contribution in [0.1, 0.15) is 42.5 Å². The molecule has 0 atom stereocenters. The standard InChI is InChI=1S/C25H29N3O5S2/c1-32-20-7-10-22-23(17-20)34-25(26-22)33-19-11-15-27(16-12-19)24(29)18-5-8-21(9-6-18)35(30,31)28-13-3-2-4-14-28/h5-10,17,19H,2-4,11-16H2,1H3. The number of aromatic nitrogens is 1. The maximum absolute atomic E-state index is 13.0. The summed E-state index contributed by atoms with van der Waals surface area (Å²) in [5.74, 6) is 0.703. The zero-order valence-electron chi connectivity index (χ0n) is 19.7. The molecule has 0 saturated carbocycles. The Bertz CT molecular complexity index is 1290. The van der Waals surface area contributed by atoms with Gasteiger partial charge in [-0.2, -0.15) is 4.31 Å². The molecule has 2 aliphatic rings. The average Bonchev–Trinajstić information content (AvgIpc) is 3.30. The summed E-state index contributed by atoms with van der Waals surface area (Å²) in [6, 6.07) is 12.1. The van der Waals surface area contributed by atoms with Crippen LogP contribution in [-0.2, 0) is 10.0 Å². The van der Waals surface area contributed by atoms with Gasteiger partial charge < -0.3 is 14.4 Å². The first-order valence-electron chi connectivity index (χ1n) is 11.9. The maximum atomic E-state index is 13.0. The summed E-state index contributed by atoms with van der Waals surface area (Å²) in [5.41, 5.74) is 1.38. The highest BCUT2D eigenvalue weighted by atomic mass is 32.2. The smallest absolute Gasteiger partial charge is 0.274 e. The minimum Gasteiger partial charge on any atom is -0.497 e. The van der Waals surface area contributed by atoms with E-state index in [4.69, 9.17) is 9.47 Å². The number of carbonyl (C=O) groups is 1. The third kappa shape index (κ3) is 5.14. The fraction of sp³-hybridized carbons (Fsp3) is 0.440. The molecule has 2 fully saturated rings. The van der Waals surface area contributed by atoms with Crippen molar-refractivity contribution in [2.75, 3.05) is 33.3 Å². The van der Waals surface area contributed by atoms with E-state index in [2.05, 4.69) is 4.98 Å². The molecule has 186 valence electrons. The van der Waals surface area contributed by atoms with E-state index in [1.807, 2.05) is 18.2 Å². The van der Waals surface area contributed by atoms with E-state index >= 15 is 0 Å². The number of hydrogen-bond donors (Lipinski definition) is 0. The second-order valence-electron chi connectivity index (χ2n) is 8.91. The van der Waals surface area contributed by atoms with Crippen molar-refractivity contribution in [3.8, 4) is 10.9 Å². The molecule has 3 heterocycles. The molecule has 1 aromatic heterocycles. The lowest BCUT2D eigenvalue weighted by Gasteiger charge is -2.31. The summed E-state index contributed by atoms with van der Waals surface area (Å²) in [6.07, 6.45) is 4.28. The van der Waals surface area contributed by atoms with Gasteiger partial charge in [-0.3, -0.25) is 4.79 Å². The SMILES string of the molecule is COc1ccc2nc(OC3CCN(C(=O)c4ccc(S(=O)(=O)N5CCCCC5)cc4)CC3)sc2c1. The lowest BCUT2D eigenvalue weighted by molar-refractivity contribution is 0.0595. The maximum Gasteiger partial charge on any atom is 0.274 e. The molecule has 35 heavy (non-hydrogen) atoms. The summed E-state index contributed by atoms with van der Waals surface area (Å²) in [5, 5.41) is 0.628. The van der Waals surface area contributed by atoms with Gasteiger partial charge in [0.1, 0.15) is 11.9 Å². The molecule has 0 unspecified atom stereocenters. The van der Waals surface area contributed by atoms with Gasteiger partial charge in [-0.25, -0.2) is 13.4 Å². The number of carbonyl (C=O) groups excluding carboxylic acids is 1. The van der Waals surface area contributed by atoms with Crippen LogP contribution >= 0.6 is 11.3 Å². The van der Waals surface area contributed by atoms with Crippen LogP contribution in [0.15, 0.2) is 47.4 Å². The number of likely N-dealkylation sites (tertiary alicyclic amines) is 1. The number of methoxy groups -OCH3 is 1. The largest absolute Gasteiger partial charge is 0.497 e. The van der Waals surface area contributed by atoms with Crippen molar-refractivity contribution in [3.05, 3.63) is 48.0 Å². The number of benzene rings is 2. The van der Waals surface area contributed by atoms with Crippen molar-refractivity contribution in [3.63, 3.8) is 0 Å². The zero-order chi connectivity index (χ0) is 24.4. The third-order valence-electron chi connectivity index (χ3n) is 6.63. The molecule has 2 aliphatic heterocycles. The average molecular weight is 516 g/mol. The Balaban J connectivity index is 1.17. The number of amides is 1. The Morgan fingerprint density at radius 1 is 1.00 bits per heavy atom. The molecule has 2 aromatic carbocycles. The molecule has 0 radical (unpaired) electrons. The number of thiazole rings is 1. The summed E-state index contributed by atoms with van der Waals surface area (Å²) < 4.78 is 39.6. The van der Waals surface area contributed by atoms with Crippen molar-refractivity contribution < 1.29 is 22.7 Å². The summed E-state index contributed by atoms with van der Waals surface area (Å²) in [6.45, 7) is 2.28. The topological polar surface area (TPSA) is 89.0 Å². The van der Waals surface area contributed by atoms with Crippen molar-refractivity contribution in [2.24, 2.45) is 0 Å². The molecule has 3 aromatic rings.